The van der Waals surface area contributed by atoms with Crippen molar-refractivity contribution in [2.24, 2.45) is 13.0 Å². The highest BCUT2D eigenvalue weighted by atomic mass is 16.5. The number of methoxy groups -OCH3 is 1. The second-order valence-electron chi connectivity index (χ2n) is 7.45. The molecule has 1 atom stereocenters. The van der Waals surface area contributed by atoms with Crippen LogP contribution in [0.5, 0.6) is 11.5 Å². The van der Waals surface area contributed by atoms with Crippen molar-refractivity contribution in [3.8, 4) is 11.5 Å². The number of benzene rings is 1. The number of aliphatic hydroxyl groups excluding tert-OH is 1. The van der Waals surface area contributed by atoms with Gasteiger partial charge in [-0.05, 0) is 30.2 Å². The number of fused-ring (bicyclic) bond motifs is 1. The summed E-state index contributed by atoms with van der Waals surface area (Å²) in [7, 11) is 3.12. The number of hydrogen-bond acceptors (Lipinski definition) is 7. The first-order chi connectivity index (χ1) is 14.3. The lowest BCUT2D eigenvalue weighted by Crippen LogP contribution is -2.31. The summed E-state index contributed by atoms with van der Waals surface area (Å²) >= 11 is 0. The first-order valence-corrected chi connectivity index (χ1v) is 9.68. The summed E-state index contributed by atoms with van der Waals surface area (Å²) in [6, 6.07) is 7.01. The van der Waals surface area contributed by atoms with Crippen molar-refractivity contribution in [3.05, 3.63) is 45.1 Å². The molecule has 0 radical (unpaired) electrons. The van der Waals surface area contributed by atoms with Gasteiger partial charge in [0.1, 0.15) is 24.2 Å². The third-order valence-electron chi connectivity index (χ3n) is 4.57. The summed E-state index contributed by atoms with van der Waals surface area (Å²) in [6.45, 7) is 4.78. The Morgan fingerprint density at radius 3 is 2.50 bits per heavy atom. The quantitative estimate of drug-likeness (QED) is 0.473. The second kappa shape index (κ2) is 9.04. The maximum Gasteiger partial charge on any atom is 0.329 e. The van der Waals surface area contributed by atoms with Gasteiger partial charge in [0.15, 0.2) is 11.2 Å². The van der Waals surface area contributed by atoms with Gasteiger partial charge in [0, 0.05) is 13.6 Å². The van der Waals surface area contributed by atoms with E-state index in [1.54, 1.807) is 35.9 Å². The molecule has 162 valence electrons. The summed E-state index contributed by atoms with van der Waals surface area (Å²) in [4.78, 5) is 31.1. The van der Waals surface area contributed by atoms with Crippen LogP contribution in [0.4, 0.5) is 5.95 Å². The van der Waals surface area contributed by atoms with Crippen molar-refractivity contribution in [1.29, 1.82) is 0 Å². The van der Waals surface area contributed by atoms with Gasteiger partial charge in [0.2, 0.25) is 5.95 Å². The number of imidazole rings is 1. The number of aromatic amines is 1. The molecule has 0 saturated carbocycles. The molecule has 1 aromatic carbocycles. The van der Waals surface area contributed by atoms with E-state index in [-0.39, 0.29) is 24.3 Å². The first kappa shape index (κ1) is 21.4. The van der Waals surface area contributed by atoms with Crippen molar-refractivity contribution in [1.82, 2.24) is 19.1 Å². The van der Waals surface area contributed by atoms with E-state index < -0.39 is 17.4 Å². The van der Waals surface area contributed by atoms with E-state index in [1.807, 2.05) is 13.8 Å². The zero-order valence-electron chi connectivity index (χ0n) is 17.5. The molecule has 0 aliphatic heterocycles. The fourth-order valence-corrected chi connectivity index (χ4v) is 2.97. The molecule has 0 spiro atoms. The molecule has 3 rings (SSSR count). The molecule has 2 aromatic heterocycles. The number of nitrogens with zero attached hydrogens (tertiary/aromatic N) is 3. The molecule has 10 nitrogen and oxygen atoms in total. The van der Waals surface area contributed by atoms with Crippen molar-refractivity contribution in [2.45, 2.75) is 26.5 Å². The smallest absolute Gasteiger partial charge is 0.329 e. The van der Waals surface area contributed by atoms with Crippen LogP contribution in [0.25, 0.3) is 11.2 Å². The molecule has 0 bridgehead atoms. The third-order valence-corrected chi connectivity index (χ3v) is 4.57. The maximum atomic E-state index is 12.5. The van der Waals surface area contributed by atoms with Gasteiger partial charge in [-0.15, -0.1) is 0 Å². The number of nitrogens with one attached hydrogen (secondary N) is 2. The van der Waals surface area contributed by atoms with Gasteiger partial charge in [-0.1, -0.05) is 13.8 Å². The second-order valence-corrected chi connectivity index (χ2v) is 7.45. The number of rotatable bonds is 9. The zero-order chi connectivity index (χ0) is 21.8. The standard InChI is InChI=1S/C20H27N5O5/c1-12(2)9-21-19-22-17-16(18(27)23-20(28)24(17)3)25(19)10-13(26)11-30-15-7-5-14(29-4)6-8-15/h5-8,12-13,26H,9-11H2,1-4H3,(H,21,22)(H,23,27,28). The fourth-order valence-electron chi connectivity index (χ4n) is 2.97. The van der Waals surface area contributed by atoms with Crippen LogP contribution >= 0.6 is 0 Å². The third kappa shape index (κ3) is 4.65. The number of H-pyrrole nitrogens is 1. The molecule has 30 heavy (non-hydrogen) atoms. The van der Waals surface area contributed by atoms with Crippen LogP contribution in [0, 0.1) is 5.92 Å². The molecule has 2 heterocycles. The fraction of sp³-hybridized carbons (Fsp3) is 0.450. The lowest BCUT2D eigenvalue weighted by Gasteiger charge is -2.16. The van der Waals surface area contributed by atoms with E-state index in [4.69, 9.17) is 9.47 Å². The predicted octanol–water partition coefficient (Wildman–Crippen LogP) is 0.940. The van der Waals surface area contributed by atoms with E-state index in [1.165, 1.54) is 11.6 Å². The Hall–Kier alpha value is -3.27. The Kier molecular flexibility index (Phi) is 6.46. The number of anilines is 1. The van der Waals surface area contributed by atoms with E-state index >= 15 is 0 Å². The average molecular weight is 417 g/mol. The normalized spacial score (nSPS) is 12.3. The minimum absolute atomic E-state index is 0.0132. The van der Waals surface area contributed by atoms with Crippen LogP contribution in [0.1, 0.15) is 13.8 Å². The number of hydrogen-bond donors (Lipinski definition) is 3. The number of aromatic nitrogens is 4. The minimum atomic E-state index is -0.916. The predicted molar refractivity (Wildman–Crippen MR) is 113 cm³/mol. The molecule has 1 unspecified atom stereocenters. The SMILES string of the molecule is COc1ccc(OCC(O)Cn2c(NCC(C)C)nc3c2c(=O)[nH]c(=O)n3C)cc1. The average Bonchev–Trinajstić information content (AvgIpc) is 3.08. The summed E-state index contributed by atoms with van der Waals surface area (Å²) in [5.74, 6) is 2.04. The molecule has 3 aromatic rings. The van der Waals surface area contributed by atoms with Crippen LogP contribution in [-0.2, 0) is 13.6 Å². The molecular weight excluding hydrogens is 390 g/mol. The molecule has 0 fully saturated rings. The Morgan fingerprint density at radius 2 is 1.87 bits per heavy atom. The molecule has 0 amide bonds. The van der Waals surface area contributed by atoms with Gasteiger partial charge in [-0.2, -0.15) is 4.98 Å². The van der Waals surface area contributed by atoms with Crippen LogP contribution in [0.15, 0.2) is 33.9 Å². The summed E-state index contributed by atoms with van der Waals surface area (Å²) in [5.41, 5.74) is -0.637. The van der Waals surface area contributed by atoms with E-state index in [9.17, 15) is 14.7 Å². The highest BCUT2D eigenvalue weighted by Gasteiger charge is 2.20. The Balaban J connectivity index is 1.85. The van der Waals surface area contributed by atoms with Gasteiger partial charge < -0.3 is 24.5 Å². The highest BCUT2D eigenvalue weighted by molar-refractivity contribution is 5.74. The number of aliphatic hydroxyl groups is 1. The minimum Gasteiger partial charge on any atom is -0.497 e. The van der Waals surface area contributed by atoms with Gasteiger partial charge in [0.05, 0.1) is 13.7 Å². The molecule has 0 aliphatic rings. The molecule has 0 aliphatic carbocycles. The van der Waals surface area contributed by atoms with Crippen molar-refractivity contribution in [3.63, 3.8) is 0 Å². The van der Waals surface area contributed by atoms with E-state index in [0.717, 1.165) is 0 Å². The van der Waals surface area contributed by atoms with Crippen molar-refractivity contribution in [2.75, 3.05) is 25.6 Å². The maximum absolute atomic E-state index is 12.5. The Morgan fingerprint density at radius 1 is 1.20 bits per heavy atom. The summed E-state index contributed by atoms with van der Waals surface area (Å²) < 4.78 is 13.6. The lowest BCUT2D eigenvalue weighted by atomic mass is 10.2. The Labute approximate surface area is 173 Å². The summed E-state index contributed by atoms with van der Waals surface area (Å²) in [6.07, 6.45) is -0.916. The molecule has 10 heteroatoms. The van der Waals surface area contributed by atoms with E-state index in [2.05, 4.69) is 15.3 Å². The van der Waals surface area contributed by atoms with Crippen LogP contribution in [0.3, 0.4) is 0 Å². The van der Waals surface area contributed by atoms with Crippen molar-refractivity contribution >= 4 is 17.1 Å². The Bertz CT molecular complexity index is 1110. The molecule has 0 saturated heterocycles. The van der Waals surface area contributed by atoms with Gasteiger partial charge in [-0.25, -0.2) is 4.79 Å². The van der Waals surface area contributed by atoms with Gasteiger partial charge in [0.25, 0.3) is 5.56 Å². The van der Waals surface area contributed by atoms with Crippen LogP contribution in [-0.4, -0.2) is 50.6 Å². The number of ether oxygens (including phenoxy) is 2. The highest BCUT2D eigenvalue weighted by Crippen LogP contribution is 2.19. The van der Waals surface area contributed by atoms with Crippen LogP contribution < -0.4 is 26.0 Å². The lowest BCUT2D eigenvalue weighted by molar-refractivity contribution is 0.0938. The van der Waals surface area contributed by atoms with Gasteiger partial charge in [-0.3, -0.25) is 14.3 Å². The van der Waals surface area contributed by atoms with E-state index in [0.29, 0.717) is 29.9 Å². The topological polar surface area (TPSA) is 123 Å². The monoisotopic (exact) mass is 417 g/mol. The number of aryl methyl sites for hydroxylation is 1. The van der Waals surface area contributed by atoms with Crippen molar-refractivity contribution < 1.29 is 14.6 Å². The van der Waals surface area contributed by atoms with Gasteiger partial charge >= 0.3 is 5.69 Å². The zero-order valence-corrected chi connectivity index (χ0v) is 17.5. The summed E-state index contributed by atoms with van der Waals surface area (Å²) in [5, 5.41) is 13.7. The van der Waals surface area contributed by atoms with Crippen LogP contribution in [0.2, 0.25) is 0 Å². The molecule has 3 N–H and O–H groups in total. The largest absolute Gasteiger partial charge is 0.497 e. The first-order valence-electron chi connectivity index (χ1n) is 9.68. The molecular formula is C20H27N5O5.